The maximum absolute atomic E-state index is 4.39. The molecule has 1 N–H and O–H groups in total. The van der Waals surface area contributed by atoms with E-state index in [9.17, 15) is 0 Å². The van der Waals surface area contributed by atoms with Crippen molar-refractivity contribution in [2.45, 2.75) is 29.7 Å². The van der Waals surface area contributed by atoms with Crippen LogP contribution in [0.25, 0.3) is 0 Å². The summed E-state index contributed by atoms with van der Waals surface area (Å²) in [6.07, 6.45) is 7.24. The van der Waals surface area contributed by atoms with Gasteiger partial charge in [-0.15, -0.1) is 0 Å². The zero-order chi connectivity index (χ0) is 12.8. The number of rotatable bonds is 5. The maximum atomic E-state index is 4.39. The summed E-state index contributed by atoms with van der Waals surface area (Å²) in [6.45, 7) is 2.16. The molecule has 0 unspecified atom stereocenters. The second-order valence-electron chi connectivity index (χ2n) is 3.79. The van der Waals surface area contributed by atoms with E-state index in [0.717, 1.165) is 28.6 Å². The minimum absolute atomic E-state index is 0.920. The molecule has 0 saturated carbocycles. The van der Waals surface area contributed by atoms with E-state index in [4.69, 9.17) is 0 Å². The molecule has 0 aliphatic heterocycles. The highest BCUT2D eigenvalue weighted by atomic mass is 32.2. The van der Waals surface area contributed by atoms with Gasteiger partial charge >= 0.3 is 0 Å². The quantitative estimate of drug-likeness (QED) is 0.837. The van der Waals surface area contributed by atoms with Gasteiger partial charge in [0.15, 0.2) is 0 Å². The molecule has 0 radical (unpaired) electrons. The molecule has 94 valence electrons. The SMILES string of the molecule is CCCc1c(NC)ncnc1Sc1ccncc1. The van der Waals surface area contributed by atoms with Crippen molar-refractivity contribution < 1.29 is 0 Å². The predicted octanol–water partition coefficient (Wildman–Crippen LogP) is 3.02. The first-order valence-electron chi connectivity index (χ1n) is 5.94. The maximum Gasteiger partial charge on any atom is 0.133 e. The summed E-state index contributed by atoms with van der Waals surface area (Å²) in [7, 11) is 1.89. The van der Waals surface area contributed by atoms with Gasteiger partial charge in [-0.25, -0.2) is 9.97 Å². The van der Waals surface area contributed by atoms with Crippen LogP contribution in [0, 0.1) is 0 Å². The molecular weight excluding hydrogens is 244 g/mol. The summed E-state index contributed by atoms with van der Waals surface area (Å²) in [4.78, 5) is 13.8. The summed E-state index contributed by atoms with van der Waals surface area (Å²) in [6, 6.07) is 3.98. The molecule has 0 spiro atoms. The number of aromatic nitrogens is 3. The van der Waals surface area contributed by atoms with Gasteiger partial charge in [0.05, 0.1) is 0 Å². The Morgan fingerprint density at radius 3 is 2.67 bits per heavy atom. The Bertz CT molecular complexity index is 502. The van der Waals surface area contributed by atoms with Gasteiger partial charge in [-0.2, -0.15) is 0 Å². The lowest BCUT2D eigenvalue weighted by Crippen LogP contribution is -2.02. The van der Waals surface area contributed by atoms with E-state index >= 15 is 0 Å². The summed E-state index contributed by atoms with van der Waals surface area (Å²) in [5, 5.41) is 4.15. The highest BCUT2D eigenvalue weighted by Gasteiger charge is 2.10. The fourth-order valence-corrected chi connectivity index (χ4v) is 2.60. The fraction of sp³-hybridized carbons (Fsp3) is 0.308. The molecule has 0 aromatic carbocycles. The van der Waals surface area contributed by atoms with Crippen molar-refractivity contribution in [1.82, 2.24) is 15.0 Å². The fourth-order valence-electron chi connectivity index (χ4n) is 1.69. The van der Waals surface area contributed by atoms with Crippen molar-refractivity contribution in [3.63, 3.8) is 0 Å². The van der Waals surface area contributed by atoms with E-state index in [1.165, 1.54) is 5.56 Å². The van der Waals surface area contributed by atoms with E-state index in [0.29, 0.717) is 0 Å². The molecule has 2 aromatic rings. The van der Waals surface area contributed by atoms with Crippen LogP contribution in [0.4, 0.5) is 5.82 Å². The molecule has 0 fully saturated rings. The number of nitrogens with zero attached hydrogens (tertiary/aromatic N) is 3. The van der Waals surface area contributed by atoms with Crippen LogP contribution in [0.1, 0.15) is 18.9 Å². The number of anilines is 1. The Hall–Kier alpha value is -1.62. The standard InChI is InChI=1S/C13H16N4S/c1-3-4-11-12(14-2)16-9-17-13(11)18-10-5-7-15-8-6-10/h5-9H,3-4H2,1-2H3,(H,14,16,17). The highest BCUT2D eigenvalue weighted by molar-refractivity contribution is 7.99. The molecule has 18 heavy (non-hydrogen) atoms. The van der Waals surface area contributed by atoms with Crippen LogP contribution >= 0.6 is 11.8 Å². The smallest absolute Gasteiger partial charge is 0.133 e. The summed E-state index contributed by atoms with van der Waals surface area (Å²) >= 11 is 1.65. The Labute approximate surface area is 111 Å². The van der Waals surface area contributed by atoms with Gasteiger partial charge in [-0.3, -0.25) is 4.98 Å². The molecule has 0 atom stereocenters. The first-order chi connectivity index (χ1) is 8.85. The van der Waals surface area contributed by atoms with Crippen LogP contribution in [0.15, 0.2) is 40.8 Å². The lowest BCUT2D eigenvalue weighted by molar-refractivity contribution is 0.858. The van der Waals surface area contributed by atoms with Crippen molar-refractivity contribution in [1.29, 1.82) is 0 Å². The summed E-state index contributed by atoms with van der Waals surface area (Å²) < 4.78 is 0. The van der Waals surface area contributed by atoms with Gasteiger partial charge in [0, 0.05) is 29.9 Å². The molecule has 0 amide bonds. The van der Waals surface area contributed by atoms with Crippen molar-refractivity contribution in [3.8, 4) is 0 Å². The van der Waals surface area contributed by atoms with Gasteiger partial charge in [-0.1, -0.05) is 25.1 Å². The monoisotopic (exact) mass is 260 g/mol. The number of nitrogens with one attached hydrogen (secondary N) is 1. The first kappa shape index (κ1) is 12.8. The highest BCUT2D eigenvalue weighted by Crippen LogP contribution is 2.31. The number of pyridine rings is 1. The lowest BCUT2D eigenvalue weighted by Gasteiger charge is -2.11. The molecule has 2 aromatic heterocycles. The minimum atomic E-state index is 0.920. The van der Waals surface area contributed by atoms with Gasteiger partial charge in [0.25, 0.3) is 0 Å². The third kappa shape index (κ3) is 2.98. The molecule has 0 saturated heterocycles. The Kier molecular flexibility index (Phi) is 4.52. The second kappa shape index (κ2) is 6.35. The Balaban J connectivity index is 2.32. The van der Waals surface area contributed by atoms with Crippen LogP contribution < -0.4 is 5.32 Å². The third-order valence-corrected chi connectivity index (χ3v) is 3.56. The van der Waals surface area contributed by atoms with E-state index in [2.05, 4.69) is 27.2 Å². The van der Waals surface area contributed by atoms with Crippen molar-refractivity contribution in [3.05, 3.63) is 36.4 Å². The predicted molar refractivity (Wildman–Crippen MR) is 73.9 cm³/mol. The minimum Gasteiger partial charge on any atom is -0.373 e. The molecule has 4 nitrogen and oxygen atoms in total. The van der Waals surface area contributed by atoms with Crippen LogP contribution in [0.3, 0.4) is 0 Å². The van der Waals surface area contributed by atoms with Crippen LogP contribution in [-0.4, -0.2) is 22.0 Å². The zero-order valence-corrected chi connectivity index (χ0v) is 11.4. The molecular formula is C13H16N4S. The molecule has 2 heterocycles. The Morgan fingerprint density at radius 2 is 2.00 bits per heavy atom. The largest absolute Gasteiger partial charge is 0.373 e. The topological polar surface area (TPSA) is 50.7 Å². The normalized spacial score (nSPS) is 10.3. The second-order valence-corrected chi connectivity index (χ2v) is 4.85. The zero-order valence-electron chi connectivity index (χ0n) is 10.6. The summed E-state index contributed by atoms with van der Waals surface area (Å²) in [5.41, 5.74) is 1.18. The third-order valence-electron chi connectivity index (χ3n) is 2.51. The van der Waals surface area contributed by atoms with Gasteiger partial charge < -0.3 is 5.32 Å². The van der Waals surface area contributed by atoms with Gasteiger partial charge in [0.2, 0.25) is 0 Å². The molecule has 0 bridgehead atoms. The molecule has 5 heteroatoms. The van der Waals surface area contributed by atoms with E-state index in [1.54, 1.807) is 30.5 Å². The average molecular weight is 260 g/mol. The molecule has 2 rings (SSSR count). The first-order valence-corrected chi connectivity index (χ1v) is 6.76. The van der Waals surface area contributed by atoms with E-state index in [-0.39, 0.29) is 0 Å². The summed E-state index contributed by atoms with van der Waals surface area (Å²) in [5.74, 6) is 0.920. The van der Waals surface area contributed by atoms with Crippen molar-refractivity contribution in [2.24, 2.45) is 0 Å². The molecule has 0 aliphatic rings. The van der Waals surface area contributed by atoms with Crippen LogP contribution in [0.2, 0.25) is 0 Å². The average Bonchev–Trinajstić information content (AvgIpc) is 2.42. The van der Waals surface area contributed by atoms with Crippen molar-refractivity contribution in [2.75, 3.05) is 12.4 Å². The van der Waals surface area contributed by atoms with Crippen LogP contribution in [-0.2, 0) is 6.42 Å². The van der Waals surface area contributed by atoms with E-state index < -0.39 is 0 Å². The number of hydrogen-bond acceptors (Lipinski definition) is 5. The van der Waals surface area contributed by atoms with E-state index in [1.807, 2.05) is 19.2 Å². The van der Waals surface area contributed by atoms with Gasteiger partial charge in [0.1, 0.15) is 17.2 Å². The van der Waals surface area contributed by atoms with Crippen LogP contribution in [0.5, 0.6) is 0 Å². The number of hydrogen-bond donors (Lipinski definition) is 1. The van der Waals surface area contributed by atoms with Crippen molar-refractivity contribution >= 4 is 17.6 Å². The lowest BCUT2D eigenvalue weighted by atomic mass is 10.2. The van der Waals surface area contributed by atoms with Gasteiger partial charge in [-0.05, 0) is 18.6 Å². The Morgan fingerprint density at radius 1 is 1.22 bits per heavy atom. The molecule has 0 aliphatic carbocycles.